The molecule has 10 nitrogen and oxygen atoms in total. The van der Waals surface area contributed by atoms with Gasteiger partial charge in [-0.15, -0.1) is 0 Å². The van der Waals surface area contributed by atoms with Crippen molar-refractivity contribution >= 4 is 17.7 Å². The summed E-state index contributed by atoms with van der Waals surface area (Å²) in [6, 6.07) is 0. The fourth-order valence-corrected chi connectivity index (χ4v) is 8.12. The van der Waals surface area contributed by atoms with Crippen LogP contribution in [0.15, 0.2) is 11.6 Å². The Kier molecular flexibility index (Phi) is 5.21. The molecule has 2 saturated heterocycles. The Bertz CT molecular complexity index is 1020. The van der Waals surface area contributed by atoms with Crippen molar-refractivity contribution in [3.05, 3.63) is 11.6 Å². The number of aliphatic hydroxyl groups excluding tert-OH is 2. The monoisotopic (exact) mass is 494 g/mol. The van der Waals surface area contributed by atoms with Gasteiger partial charge in [-0.3, -0.25) is 4.79 Å². The van der Waals surface area contributed by atoms with E-state index in [1.54, 1.807) is 27.7 Å². The lowest BCUT2D eigenvalue weighted by molar-refractivity contribution is -0.340. The number of carbonyl (C=O) groups is 3. The summed E-state index contributed by atoms with van der Waals surface area (Å²) in [6.07, 6.45) is -3.51. The molecule has 5 rings (SSSR count). The predicted molar refractivity (Wildman–Crippen MR) is 117 cm³/mol. The molecule has 0 amide bonds. The Hall–Kier alpha value is -1.85. The number of rotatable bonds is 3. The summed E-state index contributed by atoms with van der Waals surface area (Å²) in [5, 5.41) is 44.8. The number of carbonyl (C=O) groups excluding carboxylic acids is 3. The third-order valence-electron chi connectivity index (χ3n) is 9.99. The van der Waals surface area contributed by atoms with Gasteiger partial charge in [0.25, 0.3) is 0 Å². The van der Waals surface area contributed by atoms with E-state index < -0.39 is 88.0 Å². The van der Waals surface area contributed by atoms with Crippen molar-refractivity contribution in [3.63, 3.8) is 0 Å². The maximum absolute atomic E-state index is 13.3. The Morgan fingerprint density at radius 2 is 1.97 bits per heavy atom. The number of hydrogen-bond acceptors (Lipinski definition) is 10. The van der Waals surface area contributed by atoms with Crippen molar-refractivity contribution in [2.45, 2.75) is 83.3 Å². The number of ketones is 1. The van der Waals surface area contributed by atoms with E-state index in [0.29, 0.717) is 5.57 Å². The van der Waals surface area contributed by atoms with Crippen LogP contribution in [0, 0.1) is 34.5 Å². The van der Waals surface area contributed by atoms with Gasteiger partial charge in [-0.1, -0.05) is 26.3 Å². The van der Waals surface area contributed by atoms with Gasteiger partial charge in [0.05, 0.1) is 6.61 Å². The second-order valence-corrected chi connectivity index (χ2v) is 11.6. The van der Waals surface area contributed by atoms with Crippen LogP contribution in [-0.2, 0) is 28.6 Å². The summed E-state index contributed by atoms with van der Waals surface area (Å²) in [5.74, 6) is -7.47. The van der Waals surface area contributed by atoms with Crippen LogP contribution in [0.25, 0.3) is 0 Å². The largest absolute Gasteiger partial charge is 0.459 e. The molecule has 2 heterocycles. The SMILES string of the molecule is CC[C@](C)(O)C(=O)O[C@H]1C(=O)O[C@@H]2C[C@H]3C(C)=CC(=O)[C@@H](O)[C@]3(C)[C@H]3[C@@]4(O)OC[C@@]23C1C(C)[C@H]4O. The van der Waals surface area contributed by atoms with Gasteiger partial charge >= 0.3 is 11.9 Å². The highest BCUT2D eigenvalue weighted by molar-refractivity contribution is 5.96. The second kappa shape index (κ2) is 7.35. The summed E-state index contributed by atoms with van der Waals surface area (Å²) in [5.41, 5.74) is -3.54. The molecule has 2 saturated carbocycles. The molecule has 1 spiro atoms. The lowest BCUT2D eigenvalue weighted by atomic mass is 9.38. The number of fused-ring (bicyclic) bond motifs is 1. The summed E-state index contributed by atoms with van der Waals surface area (Å²) in [6.45, 7) is 7.88. The van der Waals surface area contributed by atoms with Crippen LogP contribution >= 0.6 is 0 Å². The van der Waals surface area contributed by atoms with Crippen LogP contribution in [0.1, 0.15) is 47.5 Å². The zero-order chi connectivity index (χ0) is 25.9. The quantitative estimate of drug-likeness (QED) is 0.389. The number of ether oxygens (including phenoxy) is 3. The Labute approximate surface area is 203 Å². The fourth-order valence-electron chi connectivity index (χ4n) is 8.12. The molecule has 0 aromatic heterocycles. The standard InChI is InChI=1S/C25H34O10/c1-6-22(4,31)21(30)35-16-15-11(3)17(27)25(32)20-23(5)12(10(2)7-13(26)18(23)28)8-14(34-19(16)29)24(15,20)9-33-25/h7,11-12,14-18,20,27-28,31-32H,6,8-9H2,1-5H3/t11?,12-,14+,15?,16+,17+,18+,20+,22-,23+,24-,25-/m0/s1. The highest BCUT2D eigenvalue weighted by Gasteiger charge is 2.83. The van der Waals surface area contributed by atoms with Gasteiger partial charge in [0.1, 0.15) is 18.3 Å². The summed E-state index contributed by atoms with van der Waals surface area (Å²) in [4.78, 5) is 38.8. The first kappa shape index (κ1) is 24.8. The topological polar surface area (TPSA) is 160 Å². The Morgan fingerprint density at radius 1 is 1.31 bits per heavy atom. The van der Waals surface area contributed by atoms with Gasteiger partial charge in [0.15, 0.2) is 17.2 Å². The van der Waals surface area contributed by atoms with Crippen molar-refractivity contribution in [2.75, 3.05) is 6.61 Å². The molecule has 0 aromatic carbocycles. The molecule has 194 valence electrons. The van der Waals surface area contributed by atoms with E-state index in [-0.39, 0.29) is 19.4 Å². The molecular weight excluding hydrogens is 460 g/mol. The van der Waals surface area contributed by atoms with Gasteiger partial charge in [-0.25, -0.2) is 9.59 Å². The highest BCUT2D eigenvalue weighted by atomic mass is 16.7. The van der Waals surface area contributed by atoms with E-state index in [4.69, 9.17) is 14.2 Å². The van der Waals surface area contributed by atoms with Crippen molar-refractivity contribution in [2.24, 2.45) is 34.5 Å². The van der Waals surface area contributed by atoms with Gasteiger partial charge in [0.2, 0.25) is 6.10 Å². The van der Waals surface area contributed by atoms with Crippen LogP contribution < -0.4 is 0 Å². The molecule has 4 N–H and O–H groups in total. The van der Waals surface area contributed by atoms with Crippen LogP contribution in [0.3, 0.4) is 0 Å². The van der Waals surface area contributed by atoms with E-state index in [2.05, 4.69) is 0 Å². The predicted octanol–water partition coefficient (Wildman–Crippen LogP) is -0.151. The van der Waals surface area contributed by atoms with Crippen LogP contribution in [0.2, 0.25) is 0 Å². The van der Waals surface area contributed by atoms with Crippen molar-refractivity contribution < 1.29 is 49.0 Å². The first-order valence-corrected chi connectivity index (χ1v) is 12.3. The van der Waals surface area contributed by atoms with Crippen LogP contribution in [-0.4, -0.2) is 80.6 Å². The average Bonchev–Trinajstić information content (AvgIpc) is 3.08. The van der Waals surface area contributed by atoms with Gasteiger partial charge in [-0.05, 0) is 44.6 Å². The zero-order valence-electron chi connectivity index (χ0n) is 20.6. The van der Waals surface area contributed by atoms with Crippen molar-refractivity contribution in [1.82, 2.24) is 0 Å². The van der Waals surface area contributed by atoms with Gasteiger partial charge in [-0.2, -0.15) is 0 Å². The van der Waals surface area contributed by atoms with E-state index in [1.165, 1.54) is 13.0 Å². The first-order chi connectivity index (χ1) is 16.2. The third kappa shape index (κ3) is 2.80. The van der Waals surface area contributed by atoms with Crippen LogP contribution in [0.5, 0.6) is 0 Å². The summed E-state index contributed by atoms with van der Waals surface area (Å²) < 4.78 is 17.4. The van der Waals surface area contributed by atoms with E-state index >= 15 is 0 Å². The smallest absolute Gasteiger partial charge is 0.348 e. The first-order valence-electron chi connectivity index (χ1n) is 12.3. The zero-order valence-corrected chi connectivity index (χ0v) is 20.6. The van der Waals surface area contributed by atoms with Gasteiger partial charge < -0.3 is 34.6 Å². The molecular formula is C25H34O10. The minimum Gasteiger partial charge on any atom is -0.459 e. The molecule has 10 heteroatoms. The average molecular weight is 495 g/mol. The number of aliphatic hydroxyl groups is 4. The molecule has 0 radical (unpaired) electrons. The molecule has 12 atom stereocenters. The van der Waals surface area contributed by atoms with E-state index in [0.717, 1.165) is 0 Å². The number of esters is 2. The molecule has 35 heavy (non-hydrogen) atoms. The number of hydrogen-bond donors (Lipinski definition) is 4. The number of allylic oxidation sites excluding steroid dienone is 1. The molecule has 2 aliphatic heterocycles. The Balaban J connectivity index is 1.69. The van der Waals surface area contributed by atoms with E-state index in [9.17, 15) is 34.8 Å². The molecule has 2 bridgehead atoms. The molecule has 4 fully saturated rings. The third-order valence-corrected chi connectivity index (χ3v) is 9.99. The lowest BCUT2D eigenvalue weighted by Gasteiger charge is -2.68. The molecule has 0 aromatic rings. The maximum Gasteiger partial charge on any atom is 0.348 e. The molecule has 5 aliphatic rings. The second-order valence-electron chi connectivity index (χ2n) is 11.6. The molecule has 3 aliphatic carbocycles. The lowest BCUT2D eigenvalue weighted by Crippen LogP contribution is -2.78. The Morgan fingerprint density at radius 3 is 2.60 bits per heavy atom. The minimum atomic E-state index is -2.12. The van der Waals surface area contributed by atoms with Crippen LogP contribution in [0.4, 0.5) is 0 Å². The normalized spacial score (nSPS) is 52.0. The summed E-state index contributed by atoms with van der Waals surface area (Å²) >= 11 is 0. The van der Waals surface area contributed by atoms with Crippen molar-refractivity contribution in [3.8, 4) is 0 Å². The fraction of sp³-hybridized carbons (Fsp3) is 0.800. The summed E-state index contributed by atoms with van der Waals surface area (Å²) in [7, 11) is 0. The maximum atomic E-state index is 13.3. The van der Waals surface area contributed by atoms with E-state index in [1.807, 2.05) is 0 Å². The minimum absolute atomic E-state index is 0.0510. The highest BCUT2D eigenvalue weighted by Crippen LogP contribution is 2.73. The van der Waals surface area contributed by atoms with Crippen molar-refractivity contribution in [1.29, 1.82) is 0 Å². The molecule has 2 unspecified atom stereocenters. The van der Waals surface area contributed by atoms with Gasteiger partial charge in [0, 0.05) is 22.7 Å².